The van der Waals surface area contributed by atoms with Crippen molar-refractivity contribution in [3.63, 3.8) is 0 Å². The zero-order chi connectivity index (χ0) is 14.8. The van der Waals surface area contributed by atoms with Crippen LogP contribution in [0.1, 0.15) is 24.4 Å². The van der Waals surface area contributed by atoms with Gasteiger partial charge in [0.1, 0.15) is 4.90 Å². The first kappa shape index (κ1) is 16.2. The van der Waals surface area contributed by atoms with Crippen LogP contribution in [0.2, 0.25) is 0 Å². The fourth-order valence-electron chi connectivity index (χ4n) is 1.45. The van der Waals surface area contributed by atoms with Crippen LogP contribution in [0.5, 0.6) is 0 Å². The van der Waals surface area contributed by atoms with Crippen molar-refractivity contribution in [1.29, 1.82) is 0 Å². The van der Waals surface area contributed by atoms with Crippen LogP contribution >= 0.6 is 15.9 Å². The van der Waals surface area contributed by atoms with E-state index < -0.39 is 27.3 Å². The molecule has 0 spiro atoms. The van der Waals surface area contributed by atoms with Gasteiger partial charge in [0, 0.05) is 13.2 Å². The van der Waals surface area contributed by atoms with Crippen LogP contribution in [0.3, 0.4) is 0 Å². The van der Waals surface area contributed by atoms with Gasteiger partial charge in [0.05, 0.1) is 12.1 Å². The number of hydrogen-bond donors (Lipinski definition) is 2. The van der Waals surface area contributed by atoms with E-state index in [1.807, 2.05) is 0 Å². The highest BCUT2D eigenvalue weighted by molar-refractivity contribution is 9.10. The monoisotopic (exact) mass is 355 g/mol. The van der Waals surface area contributed by atoms with Crippen molar-refractivity contribution in [2.45, 2.75) is 24.3 Å². The summed E-state index contributed by atoms with van der Waals surface area (Å²) >= 11 is 2.89. The number of carboxylic acids is 1. The molecular formula is C10H14BrNO6S. The molecule has 2 N–H and O–H groups in total. The van der Waals surface area contributed by atoms with Crippen LogP contribution in [0.25, 0.3) is 0 Å². The third kappa shape index (κ3) is 4.03. The standard InChI is InChI=1S/C10H14BrNO6S/c1-10(2,5-17-3)12-19(15,16)7-4-6(9(13)14)18-8(7)11/h4,12H,5H2,1-3H3,(H,13,14). The third-order valence-corrected chi connectivity index (χ3v) is 4.63. The van der Waals surface area contributed by atoms with Gasteiger partial charge >= 0.3 is 5.97 Å². The summed E-state index contributed by atoms with van der Waals surface area (Å²) in [7, 11) is -2.47. The van der Waals surface area contributed by atoms with E-state index in [0.717, 1.165) is 6.07 Å². The summed E-state index contributed by atoms with van der Waals surface area (Å²) in [6.07, 6.45) is 0. The number of hydrogen-bond acceptors (Lipinski definition) is 5. The van der Waals surface area contributed by atoms with Gasteiger partial charge in [0.15, 0.2) is 4.67 Å². The Labute approximate surface area is 119 Å². The SMILES string of the molecule is COCC(C)(C)NS(=O)(=O)c1cc(C(=O)O)oc1Br. The van der Waals surface area contributed by atoms with Crippen LogP contribution in [-0.2, 0) is 14.8 Å². The van der Waals surface area contributed by atoms with Gasteiger partial charge in [-0.15, -0.1) is 0 Å². The van der Waals surface area contributed by atoms with Crippen LogP contribution in [0, 0.1) is 0 Å². The molecule has 0 saturated heterocycles. The number of methoxy groups -OCH3 is 1. The highest BCUT2D eigenvalue weighted by Gasteiger charge is 2.30. The summed E-state index contributed by atoms with van der Waals surface area (Å²) in [5, 5.41) is 8.76. The Balaban J connectivity index is 3.11. The Morgan fingerprint density at radius 2 is 2.16 bits per heavy atom. The molecule has 19 heavy (non-hydrogen) atoms. The Morgan fingerprint density at radius 1 is 1.58 bits per heavy atom. The Morgan fingerprint density at radius 3 is 2.58 bits per heavy atom. The van der Waals surface area contributed by atoms with Crippen molar-refractivity contribution in [3.8, 4) is 0 Å². The molecule has 0 aliphatic heterocycles. The van der Waals surface area contributed by atoms with Crippen LogP contribution < -0.4 is 4.72 Å². The van der Waals surface area contributed by atoms with Crippen molar-refractivity contribution < 1.29 is 27.5 Å². The molecule has 0 aliphatic carbocycles. The first-order valence-corrected chi connectivity index (χ1v) is 7.42. The summed E-state index contributed by atoms with van der Waals surface area (Å²) in [5.41, 5.74) is -0.840. The number of nitrogens with one attached hydrogen (secondary N) is 1. The maximum Gasteiger partial charge on any atom is 0.371 e. The number of aromatic carboxylic acids is 1. The zero-order valence-corrected chi connectivity index (χ0v) is 13.0. The van der Waals surface area contributed by atoms with Crippen LogP contribution in [0.4, 0.5) is 0 Å². The van der Waals surface area contributed by atoms with Gasteiger partial charge < -0.3 is 14.3 Å². The van der Waals surface area contributed by atoms with Crippen molar-refractivity contribution >= 4 is 31.9 Å². The van der Waals surface area contributed by atoms with E-state index in [2.05, 4.69) is 20.7 Å². The van der Waals surface area contributed by atoms with Gasteiger partial charge in [-0.25, -0.2) is 17.9 Å². The first-order valence-electron chi connectivity index (χ1n) is 5.14. The molecule has 1 heterocycles. The van der Waals surface area contributed by atoms with E-state index >= 15 is 0 Å². The number of sulfonamides is 1. The molecule has 7 nitrogen and oxygen atoms in total. The van der Waals surface area contributed by atoms with Gasteiger partial charge in [-0.1, -0.05) is 0 Å². The first-order chi connectivity index (χ1) is 8.59. The molecule has 108 valence electrons. The molecule has 0 radical (unpaired) electrons. The van der Waals surface area contributed by atoms with E-state index in [-0.39, 0.29) is 16.2 Å². The second-order valence-electron chi connectivity index (χ2n) is 4.48. The van der Waals surface area contributed by atoms with E-state index in [9.17, 15) is 13.2 Å². The zero-order valence-electron chi connectivity index (χ0n) is 10.6. The normalized spacial score (nSPS) is 12.6. The van der Waals surface area contributed by atoms with E-state index in [4.69, 9.17) is 14.3 Å². The second kappa shape index (κ2) is 5.61. The highest BCUT2D eigenvalue weighted by Crippen LogP contribution is 2.27. The molecule has 0 aliphatic rings. The summed E-state index contributed by atoms with van der Waals surface area (Å²) in [5.74, 6) is -1.81. The second-order valence-corrected chi connectivity index (χ2v) is 6.85. The van der Waals surface area contributed by atoms with E-state index in [1.165, 1.54) is 7.11 Å². The fourth-order valence-corrected chi connectivity index (χ4v) is 3.79. The maximum absolute atomic E-state index is 12.1. The molecule has 0 saturated carbocycles. The van der Waals surface area contributed by atoms with Gasteiger partial charge in [-0.3, -0.25) is 0 Å². The molecule has 1 aromatic rings. The lowest BCUT2D eigenvalue weighted by Gasteiger charge is -2.24. The lowest BCUT2D eigenvalue weighted by Crippen LogP contribution is -2.46. The minimum atomic E-state index is -3.92. The van der Waals surface area contributed by atoms with Gasteiger partial charge in [-0.05, 0) is 29.8 Å². The molecule has 0 atom stereocenters. The molecule has 0 fully saturated rings. The van der Waals surface area contributed by atoms with Gasteiger partial charge in [-0.2, -0.15) is 0 Å². The number of carboxylic acid groups (broad SMARTS) is 1. The Hall–Kier alpha value is -0.900. The van der Waals surface area contributed by atoms with Crippen molar-refractivity contribution in [3.05, 3.63) is 16.5 Å². The summed E-state index contributed by atoms with van der Waals surface area (Å²) in [6.45, 7) is 3.44. The average Bonchev–Trinajstić information content (AvgIpc) is 2.59. The van der Waals surface area contributed by atoms with Crippen molar-refractivity contribution in [2.75, 3.05) is 13.7 Å². The Kier molecular flexibility index (Phi) is 4.77. The lowest BCUT2D eigenvalue weighted by atomic mass is 10.1. The minimum Gasteiger partial charge on any atom is -0.475 e. The van der Waals surface area contributed by atoms with Gasteiger partial charge in [0.25, 0.3) is 0 Å². The highest BCUT2D eigenvalue weighted by atomic mass is 79.9. The number of ether oxygens (including phenoxy) is 1. The predicted octanol–water partition coefficient (Wildman–Crippen LogP) is 1.44. The average molecular weight is 356 g/mol. The predicted molar refractivity (Wildman–Crippen MR) is 69.6 cm³/mol. The molecule has 1 rings (SSSR count). The van der Waals surface area contributed by atoms with Crippen LogP contribution in [-0.4, -0.2) is 38.7 Å². The largest absolute Gasteiger partial charge is 0.475 e. The van der Waals surface area contributed by atoms with Crippen molar-refractivity contribution in [2.24, 2.45) is 0 Å². The number of furan rings is 1. The molecular weight excluding hydrogens is 342 g/mol. The fraction of sp³-hybridized carbons (Fsp3) is 0.500. The summed E-state index contributed by atoms with van der Waals surface area (Å²) in [4.78, 5) is 10.5. The number of carbonyl (C=O) groups is 1. The molecule has 9 heteroatoms. The summed E-state index contributed by atoms with van der Waals surface area (Å²) in [6, 6.07) is 0.942. The quantitative estimate of drug-likeness (QED) is 0.799. The third-order valence-electron chi connectivity index (χ3n) is 2.07. The van der Waals surface area contributed by atoms with Crippen molar-refractivity contribution in [1.82, 2.24) is 4.72 Å². The van der Waals surface area contributed by atoms with E-state index in [1.54, 1.807) is 13.8 Å². The molecule has 0 amide bonds. The minimum absolute atomic E-state index is 0.160. The van der Waals surface area contributed by atoms with Gasteiger partial charge in [0.2, 0.25) is 15.8 Å². The Bertz CT molecular complexity index is 577. The van der Waals surface area contributed by atoms with E-state index in [0.29, 0.717) is 0 Å². The lowest BCUT2D eigenvalue weighted by molar-refractivity contribution is 0.0661. The smallest absolute Gasteiger partial charge is 0.371 e. The molecule has 0 aromatic carbocycles. The molecule has 1 aromatic heterocycles. The summed E-state index contributed by atoms with van der Waals surface area (Å²) < 4.78 is 36.2. The molecule has 0 unspecified atom stereocenters. The number of halogens is 1. The number of rotatable bonds is 6. The topological polar surface area (TPSA) is 106 Å². The maximum atomic E-state index is 12.1. The molecule has 0 bridgehead atoms. The van der Waals surface area contributed by atoms with Crippen LogP contribution in [0.15, 0.2) is 20.0 Å².